The molecule has 0 atom stereocenters. The molecule has 0 rings (SSSR count). The maximum Gasteiger partial charge on any atom is 0.459 e. The van der Waals surface area contributed by atoms with Crippen molar-refractivity contribution in [3.05, 3.63) is 0 Å². The molecule has 0 aliphatic heterocycles. The van der Waals surface area contributed by atoms with Crippen LogP contribution < -0.4 is 0 Å². The van der Waals surface area contributed by atoms with Crippen molar-refractivity contribution in [2.24, 2.45) is 0 Å². The third-order valence-corrected chi connectivity index (χ3v) is 3.13. The second kappa shape index (κ2) is 7.30. The summed E-state index contributed by atoms with van der Waals surface area (Å²) in [6, 6.07) is 0.879. The van der Waals surface area contributed by atoms with Crippen molar-refractivity contribution in [2.75, 3.05) is 6.61 Å². The Morgan fingerprint density at radius 3 is 2.42 bits per heavy atom. The third-order valence-electron chi connectivity index (χ3n) is 1.18. The molecular weight excluding hydrogens is 172 g/mol. The van der Waals surface area contributed by atoms with Gasteiger partial charge in [0.25, 0.3) is 5.97 Å². The fourth-order valence-electron chi connectivity index (χ4n) is 0.733. The average molecular weight is 189 g/mol. The molecule has 0 aromatic rings. The highest BCUT2D eigenvalue weighted by Crippen LogP contribution is 2.01. The van der Waals surface area contributed by atoms with Crippen LogP contribution in [0.3, 0.4) is 0 Å². The summed E-state index contributed by atoms with van der Waals surface area (Å²) in [5, 5.41) is 0. The molecular formula is C8H17O3Si. The number of hydrogen-bond donors (Lipinski definition) is 0. The maximum absolute atomic E-state index is 10.6. The van der Waals surface area contributed by atoms with Crippen molar-refractivity contribution in [2.45, 2.75) is 39.7 Å². The molecule has 0 aromatic heterocycles. The fourth-order valence-corrected chi connectivity index (χ4v) is 2.20. The Kier molecular flexibility index (Phi) is 7.09. The van der Waals surface area contributed by atoms with E-state index in [9.17, 15) is 4.79 Å². The minimum absolute atomic E-state index is 0.228. The molecule has 0 unspecified atom stereocenters. The van der Waals surface area contributed by atoms with Crippen molar-refractivity contribution < 1.29 is 13.6 Å². The van der Waals surface area contributed by atoms with Crippen LogP contribution in [-0.4, -0.2) is 21.9 Å². The van der Waals surface area contributed by atoms with Crippen LogP contribution in [0.25, 0.3) is 0 Å². The molecule has 0 heterocycles. The first kappa shape index (κ1) is 11.6. The maximum atomic E-state index is 10.6. The molecule has 71 valence electrons. The van der Waals surface area contributed by atoms with Gasteiger partial charge in [0.05, 0.1) is 0 Å². The monoisotopic (exact) mass is 189 g/mol. The lowest BCUT2D eigenvalue weighted by Gasteiger charge is -2.12. The molecule has 0 aliphatic rings. The van der Waals surface area contributed by atoms with Crippen molar-refractivity contribution in [1.29, 1.82) is 0 Å². The minimum atomic E-state index is -1.31. The summed E-state index contributed by atoms with van der Waals surface area (Å²) in [4.78, 5) is 10.6. The Morgan fingerprint density at radius 2 is 2.00 bits per heavy atom. The Bertz CT molecular complexity index is 127. The second-order valence-electron chi connectivity index (χ2n) is 2.56. The lowest BCUT2D eigenvalue weighted by atomic mass is 10.5. The zero-order chi connectivity index (χ0) is 9.40. The van der Waals surface area contributed by atoms with Gasteiger partial charge in [-0.1, -0.05) is 20.3 Å². The quantitative estimate of drug-likeness (QED) is 0.598. The molecule has 0 saturated carbocycles. The SMILES string of the molecule is CCCO[Si](CCC)OC(C)=O. The first-order valence-electron chi connectivity index (χ1n) is 4.37. The van der Waals surface area contributed by atoms with Gasteiger partial charge in [-0.2, -0.15) is 0 Å². The van der Waals surface area contributed by atoms with Gasteiger partial charge in [0, 0.05) is 19.6 Å². The average Bonchev–Trinajstić information content (AvgIpc) is 2.00. The van der Waals surface area contributed by atoms with Crippen molar-refractivity contribution >= 4 is 15.3 Å². The van der Waals surface area contributed by atoms with Gasteiger partial charge in [-0.15, -0.1) is 0 Å². The molecule has 4 heteroatoms. The molecule has 0 fully saturated rings. The van der Waals surface area contributed by atoms with Crippen LogP contribution >= 0.6 is 0 Å². The number of carbonyl (C=O) groups excluding carboxylic acids is 1. The number of carbonyl (C=O) groups is 1. The van der Waals surface area contributed by atoms with Crippen LogP contribution in [0.15, 0.2) is 0 Å². The molecule has 0 aromatic carbocycles. The molecule has 0 N–H and O–H groups in total. The zero-order valence-corrected chi connectivity index (χ0v) is 9.05. The first-order valence-corrected chi connectivity index (χ1v) is 5.90. The van der Waals surface area contributed by atoms with E-state index in [2.05, 4.69) is 6.92 Å². The van der Waals surface area contributed by atoms with Crippen LogP contribution in [-0.2, 0) is 13.6 Å². The van der Waals surface area contributed by atoms with E-state index < -0.39 is 9.28 Å². The normalized spacial score (nSPS) is 10.3. The van der Waals surface area contributed by atoms with Crippen molar-refractivity contribution in [1.82, 2.24) is 0 Å². The van der Waals surface area contributed by atoms with Crippen LogP contribution in [0.2, 0.25) is 6.04 Å². The van der Waals surface area contributed by atoms with E-state index in [0.717, 1.165) is 18.9 Å². The van der Waals surface area contributed by atoms with Crippen LogP contribution in [0.1, 0.15) is 33.6 Å². The largest absolute Gasteiger partial charge is 0.492 e. The molecule has 3 nitrogen and oxygen atoms in total. The zero-order valence-electron chi connectivity index (χ0n) is 8.05. The van der Waals surface area contributed by atoms with E-state index >= 15 is 0 Å². The van der Waals surface area contributed by atoms with Gasteiger partial charge in [-0.05, 0) is 6.42 Å². The predicted molar refractivity (Wildman–Crippen MR) is 48.9 cm³/mol. The third kappa shape index (κ3) is 6.36. The summed E-state index contributed by atoms with van der Waals surface area (Å²) in [5.41, 5.74) is 0. The Balaban J connectivity index is 3.61. The Morgan fingerprint density at radius 1 is 1.33 bits per heavy atom. The first-order chi connectivity index (χ1) is 5.70. The Labute approximate surface area is 75.9 Å². The minimum Gasteiger partial charge on any atom is -0.492 e. The lowest BCUT2D eigenvalue weighted by Crippen LogP contribution is -2.25. The van der Waals surface area contributed by atoms with Gasteiger partial charge in [0.2, 0.25) is 0 Å². The highest BCUT2D eigenvalue weighted by Gasteiger charge is 2.17. The van der Waals surface area contributed by atoms with Crippen molar-refractivity contribution in [3.63, 3.8) is 0 Å². The molecule has 0 amide bonds. The topological polar surface area (TPSA) is 35.5 Å². The highest BCUT2D eigenvalue weighted by molar-refractivity contribution is 6.46. The fraction of sp³-hybridized carbons (Fsp3) is 0.875. The summed E-state index contributed by atoms with van der Waals surface area (Å²) in [6.45, 7) is 6.22. The standard InChI is InChI=1S/C8H17O3Si/c1-4-6-10-12(7-5-2)11-8(3)9/h4-7H2,1-3H3. The van der Waals surface area contributed by atoms with Crippen LogP contribution in [0, 0.1) is 0 Å². The summed E-state index contributed by atoms with van der Waals surface area (Å²) in [7, 11) is -1.31. The van der Waals surface area contributed by atoms with E-state index in [-0.39, 0.29) is 5.97 Å². The lowest BCUT2D eigenvalue weighted by molar-refractivity contribution is -0.133. The molecule has 12 heavy (non-hydrogen) atoms. The second-order valence-corrected chi connectivity index (χ2v) is 4.30. The predicted octanol–water partition coefficient (Wildman–Crippen LogP) is 1.87. The smallest absolute Gasteiger partial charge is 0.459 e. The molecule has 0 saturated heterocycles. The summed E-state index contributed by atoms with van der Waals surface area (Å²) >= 11 is 0. The van der Waals surface area contributed by atoms with Gasteiger partial charge in [-0.25, -0.2) is 0 Å². The van der Waals surface area contributed by atoms with Crippen LogP contribution in [0.5, 0.6) is 0 Å². The van der Waals surface area contributed by atoms with E-state index in [0.29, 0.717) is 6.61 Å². The van der Waals surface area contributed by atoms with Gasteiger partial charge in [0.15, 0.2) is 0 Å². The van der Waals surface area contributed by atoms with Crippen molar-refractivity contribution in [3.8, 4) is 0 Å². The molecule has 1 radical (unpaired) electrons. The Hall–Kier alpha value is -0.353. The molecule has 0 aliphatic carbocycles. The van der Waals surface area contributed by atoms with E-state index in [4.69, 9.17) is 8.85 Å². The molecule has 0 bridgehead atoms. The van der Waals surface area contributed by atoms with Gasteiger partial charge >= 0.3 is 9.28 Å². The van der Waals surface area contributed by atoms with Gasteiger partial charge in [-0.3, -0.25) is 4.79 Å². The van der Waals surface area contributed by atoms with E-state index in [1.165, 1.54) is 6.92 Å². The summed E-state index contributed by atoms with van der Waals surface area (Å²) in [6.07, 6.45) is 1.98. The summed E-state index contributed by atoms with van der Waals surface area (Å²) < 4.78 is 10.4. The van der Waals surface area contributed by atoms with Crippen LogP contribution in [0.4, 0.5) is 0 Å². The number of rotatable bonds is 6. The van der Waals surface area contributed by atoms with E-state index in [1.807, 2.05) is 6.92 Å². The van der Waals surface area contributed by atoms with Gasteiger partial charge < -0.3 is 8.85 Å². The summed E-state index contributed by atoms with van der Waals surface area (Å²) in [5.74, 6) is -0.228. The molecule has 0 spiro atoms. The highest BCUT2D eigenvalue weighted by atomic mass is 28.3. The number of hydrogen-bond acceptors (Lipinski definition) is 3. The van der Waals surface area contributed by atoms with Gasteiger partial charge in [0.1, 0.15) is 0 Å². The van der Waals surface area contributed by atoms with E-state index in [1.54, 1.807) is 0 Å².